The third-order valence-corrected chi connectivity index (χ3v) is 1.32. The molecule has 0 aliphatic carbocycles. The van der Waals surface area contributed by atoms with Crippen molar-refractivity contribution >= 4 is 10.8 Å². The van der Waals surface area contributed by atoms with Crippen LogP contribution in [0, 0.1) is 6.08 Å². The van der Waals surface area contributed by atoms with E-state index in [1.165, 1.54) is 0 Å². The van der Waals surface area contributed by atoms with E-state index in [2.05, 4.69) is 6.08 Å². The van der Waals surface area contributed by atoms with E-state index in [9.17, 15) is 4.21 Å². The van der Waals surface area contributed by atoms with Gasteiger partial charge in [0.1, 0.15) is 0 Å². The van der Waals surface area contributed by atoms with Crippen molar-refractivity contribution in [2.45, 2.75) is 0 Å². The summed E-state index contributed by atoms with van der Waals surface area (Å²) in [5, 5.41) is 1.57. The zero-order valence-corrected chi connectivity index (χ0v) is 3.42. The van der Waals surface area contributed by atoms with Crippen LogP contribution in [-0.4, -0.2) is 9.96 Å². The molecule has 0 saturated carbocycles. The summed E-state index contributed by atoms with van der Waals surface area (Å²) >= 11 is 0. The average molecular weight is 87.1 g/mol. The smallest absolute Gasteiger partial charge is 0.0193 e. The summed E-state index contributed by atoms with van der Waals surface area (Å²) in [5.41, 5.74) is 0. The van der Waals surface area contributed by atoms with E-state index < -0.39 is 10.8 Å². The first-order valence-corrected chi connectivity index (χ1v) is 2.72. The summed E-state index contributed by atoms with van der Waals surface area (Å²) in [6, 6.07) is 0. The van der Waals surface area contributed by atoms with Gasteiger partial charge in [0.25, 0.3) is 0 Å². The lowest BCUT2D eigenvalue weighted by Gasteiger charge is -2.12. The molecule has 2 heteroatoms. The summed E-state index contributed by atoms with van der Waals surface area (Å²) in [7, 11) is -0.628. The van der Waals surface area contributed by atoms with Crippen LogP contribution < -0.4 is 0 Å². The van der Waals surface area contributed by atoms with Gasteiger partial charge in [-0.3, -0.25) is 4.21 Å². The molecule has 0 spiro atoms. The molecule has 0 fully saturated rings. The molecule has 1 aliphatic rings. The van der Waals surface area contributed by atoms with Crippen LogP contribution >= 0.6 is 0 Å². The quantitative estimate of drug-likeness (QED) is 0.382. The zero-order valence-electron chi connectivity index (χ0n) is 2.60. The molecule has 0 bridgehead atoms. The Hall–Kier alpha value is -0.110. The van der Waals surface area contributed by atoms with Crippen molar-refractivity contribution in [3.8, 4) is 0 Å². The van der Waals surface area contributed by atoms with Crippen LogP contribution in [0.2, 0.25) is 0 Å². The fourth-order valence-corrected chi connectivity index (χ4v) is 0.454. The maximum absolute atomic E-state index is 9.89. The molecule has 1 heterocycles. The van der Waals surface area contributed by atoms with Gasteiger partial charge in [-0.05, 0) is 10.8 Å². The molecule has 0 aromatic heterocycles. The maximum atomic E-state index is 9.89. The second-order valence-corrected chi connectivity index (χ2v) is 2.13. The molecule has 0 saturated heterocycles. The Morgan fingerprint density at radius 1 is 2.00 bits per heavy atom. The molecule has 0 aromatic carbocycles. The van der Waals surface area contributed by atoms with E-state index >= 15 is 0 Å². The molecular weight excluding hydrogens is 84.1 g/mol. The van der Waals surface area contributed by atoms with E-state index in [0.29, 0.717) is 5.75 Å². The molecule has 1 aliphatic heterocycles. The molecular formula is C3H3OS-. The molecule has 0 aromatic rings. The molecule has 28 valence electrons. The highest BCUT2D eigenvalue weighted by atomic mass is 32.2. The lowest BCUT2D eigenvalue weighted by atomic mass is 10.7. The van der Waals surface area contributed by atoms with Gasteiger partial charge in [-0.25, -0.2) is 0 Å². The van der Waals surface area contributed by atoms with Crippen molar-refractivity contribution in [2.75, 3.05) is 5.75 Å². The minimum atomic E-state index is -0.628. The fourth-order valence-electron chi connectivity index (χ4n) is 0.151. The summed E-state index contributed by atoms with van der Waals surface area (Å²) in [6.07, 6.45) is 2.74. The van der Waals surface area contributed by atoms with Crippen LogP contribution in [0.4, 0.5) is 0 Å². The summed E-state index contributed by atoms with van der Waals surface area (Å²) in [5.74, 6) is 0.653. The third-order valence-electron chi connectivity index (χ3n) is 0.440. The highest BCUT2D eigenvalue weighted by molar-refractivity contribution is 7.89. The van der Waals surface area contributed by atoms with Gasteiger partial charge in [-0.15, -0.1) is 5.75 Å². The monoisotopic (exact) mass is 87.0 g/mol. The van der Waals surface area contributed by atoms with Crippen molar-refractivity contribution < 1.29 is 4.21 Å². The van der Waals surface area contributed by atoms with Crippen molar-refractivity contribution in [1.29, 1.82) is 0 Å². The van der Waals surface area contributed by atoms with Crippen LogP contribution in [0.25, 0.3) is 0 Å². The molecule has 1 unspecified atom stereocenters. The van der Waals surface area contributed by atoms with E-state index in [1.54, 1.807) is 5.41 Å². The van der Waals surface area contributed by atoms with Gasteiger partial charge in [0.15, 0.2) is 0 Å². The van der Waals surface area contributed by atoms with Crippen LogP contribution in [0.5, 0.6) is 0 Å². The van der Waals surface area contributed by atoms with Gasteiger partial charge in [-0.2, -0.15) is 5.41 Å². The van der Waals surface area contributed by atoms with Crippen molar-refractivity contribution in [1.82, 2.24) is 0 Å². The second-order valence-electron chi connectivity index (χ2n) is 0.847. The largest absolute Gasteiger partial charge is 0.475 e. The van der Waals surface area contributed by atoms with E-state index in [4.69, 9.17) is 0 Å². The predicted octanol–water partition coefficient (Wildman–Crippen LogP) is 0.0656. The molecule has 5 heavy (non-hydrogen) atoms. The van der Waals surface area contributed by atoms with E-state index in [0.717, 1.165) is 0 Å². The van der Waals surface area contributed by atoms with E-state index in [-0.39, 0.29) is 0 Å². The first-order valence-electron chi connectivity index (χ1n) is 1.33. The first-order chi connectivity index (χ1) is 2.39. The van der Waals surface area contributed by atoms with Crippen LogP contribution in [-0.2, 0) is 10.8 Å². The molecule has 1 rings (SSSR count). The topological polar surface area (TPSA) is 17.1 Å². The third kappa shape index (κ3) is 0.401. The van der Waals surface area contributed by atoms with Crippen molar-refractivity contribution in [3.05, 3.63) is 11.5 Å². The van der Waals surface area contributed by atoms with Gasteiger partial charge >= 0.3 is 0 Å². The summed E-state index contributed by atoms with van der Waals surface area (Å²) < 4.78 is 9.89. The normalized spacial score (nSPS) is 33.2. The summed E-state index contributed by atoms with van der Waals surface area (Å²) in [4.78, 5) is 0. The molecule has 0 amide bonds. The fraction of sp³-hybridized carbons (Fsp3) is 0.333. The molecule has 1 nitrogen and oxygen atoms in total. The molecule has 1 atom stereocenters. The number of hydrogen-bond acceptors (Lipinski definition) is 1. The minimum Gasteiger partial charge on any atom is -0.475 e. The number of hydrogen-bond donors (Lipinski definition) is 0. The Labute approximate surface area is 33.1 Å². The Bertz CT molecular complexity index is 84.9. The first kappa shape index (κ1) is 3.09. The van der Waals surface area contributed by atoms with Gasteiger partial charge < -0.3 is 6.08 Å². The van der Waals surface area contributed by atoms with Crippen molar-refractivity contribution in [3.63, 3.8) is 0 Å². The van der Waals surface area contributed by atoms with Crippen molar-refractivity contribution in [2.24, 2.45) is 0 Å². The van der Waals surface area contributed by atoms with Gasteiger partial charge in [0, 0.05) is 0 Å². The van der Waals surface area contributed by atoms with Gasteiger partial charge in [-0.1, -0.05) is 0 Å². The summed E-state index contributed by atoms with van der Waals surface area (Å²) in [6.45, 7) is 0. The Balaban J connectivity index is 2.71. The molecule has 0 radical (unpaired) electrons. The minimum absolute atomic E-state index is 0.628. The number of rotatable bonds is 0. The van der Waals surface area contributed by atoms with Crippen LogP contribution in [0.3, 0.4) is 0 Å². The zero-order chi connectivity index (χ0) is 3.70. The Morgan fingerprint density at radius 2 is 2.40 bits per heavy atom. The Morgan fingerprint density at radius 3 is 2.40 bits per heavy atom. The second kappa shape index (κ2) is 0.937. The van der Waals surface area contributed by atoms with Gasteiger partial charge in [0.2, 0.25) is 0 Å². The predicted molar refractivity (Wildman–Crippen MR) is 20.8 cm³/mol. The molecule has 0 N–H and O–H groups in total. The van der Waals surface area contributed by atoms with Crippen LogP contribution in [0.1, 0.15) is 0 Å². The average Bonchev–Trinajstić information content (AvgIpc) is 1.30. The standard InChI is InChI=1S/C3H3OS/c4-5-2-1-3-5/h2H,3H2/q-1. The van der Waals surface area contributed by atoms with Crippen LogP contribution in [0.15, 0.2) is 5.41 Å². The lowest BCUT2D eigenvalue weighted by molar-refractivity contribution is 0.688. The SMILES string of the molecule is O=S1C=[C-]C1. The lowest BCUT2D eigenvalue weighted by Crippen LogP contribution is -1.98. The van der Waals surface area contributed by atoms with E-state index in [1.807, 2.05) is 0 Å². The maximum Gasteiger partial charge on any atom is -0.0193 e. The van der Waals surface area contributed by atoms with Gasteiger partial charge in [0.05, 0.1) is 0 Å². The highest BCUT2D eigenvalue weighted by Gasteiger charge is 1.79. The highest BCUT2D eigenvalue weighted by Crippen LogP contribution is 1.93. The Kier molecular flexibility index (Phi) is 0.580.